The van der Waals surface area contributed by atoms with Gasteiger partial charge in [0.1, 0.15) is 0 Å². The Hall–Kier alpha value is -14.0. The van der Waals surface area contributed by atoms with Crippen LogP contribution in [0.5, 0.6) is 0 Å². The van der Waals surface area contributed by atoms with Crippen molar-refractivity contribution in [3.63, 3.8) is 0 Å². The molecule has 0 saturated carbocycles. The number of hydrogen-bond donors (Lipinski definition) is 0. The Morgan fingerprint density at radius 1 is 0.132 bits per heavy atom. The summed E-state index contributed by atoms with van der Waals surface area (Å²) in [5.41, 5.74) is 30.8. The van der Waals surface area contributed by atoms with E-state index < -0.39 is 0 Å². The standard InChI is InChI=1S/C59H40.C55H38/c1-59(2)55-22-12-11-19-48(55)53-36-44(28-32-56(53)59)57-49-20-9-10-21-50(49)58(52-29-27-42(35-54(52)57)41-25-23-37-13-3-5-15-39(37)33-41)51-31-30-45(46-17-7-8-18-47(46)51)43-26-24-38-14-4-6-16-40(38)34-43;1-55(2)51-19-11-10-16-45(51)49-34-44(27-29-52(49)55)54-47-18-9-8-17-46(47)53(43-25-24-39-31-38(22-23-41(39)32-43)35-12-4-3-5-13-35)48-28-26-42(33-50(48)54)40-21-20-36-14-6-7-15-37(36)30-40/h3-36H,1-2H3;3-34H,1-2H3. The van der Waals surface area contributed by atoms with Crippen molar-refractivity contribution in [3.05, 3.63) is 423 Å². The van der Waals surface area contributed by atoms with Crippen molar-refractivity contribution in [3.8, 4) is 111 Å². The SMILES string of the molecule is CC1(C)c2ccccc2-c2cc(-c3c4ccccc4c(-c4ccc(-c5ccc6ccccc6c5)c5ccccc45)c4ccc(-c5ccc6ccccc6c5)cc34)ccc21.CC1(C)c2ccccc2-c2cc(-c3c4ccccc4c(-c4ccc5cc(-c6ccccc6)ccc5c4)c4ccc(-c5ccc6ccccc6c5)cc34)ccc21. The van der Waals surface area contributed by atoms with Crippen molar-refractivity contribution in [1.29, 1.82) is 0 Å². The Bertz CT molecular complexity index is 7590. The molecule has 0 fully saturated rings. The molecule has 114 heavy (non-hydrogen) atoms. The van der Waals surface area contributed by atoms with Gasteiger partial charge in [-0.1, -0.05) is 373 Å². The van der Waals surface area contributed by atoms with Crippen LogP contribution in [0.4, 0.5) is 0 Å². The Morgan fingerprint density at radius 3 is 0.904 bits per heavy atom. The molecule has 2 aliphatic carbocycles. The van der Waals surface area contributed by atoms with Gasteiger partial charge in [0.25, 0.3) is 0 Å². The van der Waals surface area contributed by atoms with E-state index in [1.807, 2.05) is 0 Å². The Balaban J connectivity index is 0.000000139. The topological polar surface area (TPSA) is 0 Å². The van der Waals surface area contributed by atoms with E-state index in [0.29, 0.717) is 0 Å². The molecule has 0 radical (unpaired) electrons. The maximum Gasteiger partial charge on any atom is 0.0158 e. The largest absolute Gasteiger partial charge is 0.0622 e. The highest BCUT2D eigenvalue weighted by atomic mass is 14.4. The van der Waals surface area contributed by atoms with Crippen LogP contribution >= 0.6 is 0 Å². The third-order valence-corrected chi connectivity index (χ3v) is 25.4. The van der Waals surface area contributed by atoms with E-state index in [2.05, 4.69) is 428 Å². The van der Waals surface area contributed by atoms with Crippen LogP contribution in [0.15, 0.2) is 400 Å². The molecular weight excluding hydrogens is 1370 g/mol. The molecule has 0 bridgehead atoms. The zero-order valence-electron chi connectivity index (χ0n) is 64.1. The monoisotopic (exact) mass is 1450 g/mol. The Kier molecular flexibility index (Phi) is 15.4. The minimum atomic E-state index is -0.0538. The molecule has 21 aromatic rings. The molecule has 0 heterocycles. The van der Waals surface area contributed by atoms with Crippen molar-refractivity contribution in [1.82, 2.24) is 0 Å². The summed E-state index contributed by atoms with van der Waals surface area (Å²) in [5, 5.41) is 22.7. The van der Waals surface area contributed by atoms with Crippen LogP contribution in [0, 0.1) is 0 Å². The first-order chi connectivity index (χ1) is 56.0. The van der Waals surface area contributed by atoms with Crippen molar-refractivity contribution in [2.45, 2.75) is 38.5 Å². The van der Waals surface area contributed by atoms with Crippen LogP contribution in [-0.4, -0.2) is 0 Å². The first kappa shape index (κ1) is 66.9. The molecule has 0 saturated heterocycles. The average molecular weight is 1450 g/mol. The van der Waals surface area contributed by atoms with Crippen molar-refractivity contribution in [2.75, 3.05) is 0 Å². The molecule has 21 aromatic carbocycles. The molecule has 2 aliphatic rings. The van der Waals surface area contributed by atoms with Gasteiger partial charge in [0, 0.05) is 10.8 Å². The summed E-state index contributed by atoms with van der Waals surface area (Å²) in [7, 11) is 0. The molecule has 0 heteroatoms. The summed E-state index contributed by atoms with van der Waals surface area (Å²) < 4.78 is 0. The molecule has 0 aromatic heterocycles. The lowest BCUT2D eigenvalue weighted by Gasteiger charge is -2.22. The zero-order valence-corrected chi connectivity index (χ0v) is 64.1. The van der Waals surface area contributed by atoms with Crippen LogP contribution in [-0.2, 0) is 10.8 Å². The van der Waals surface area contributed by atoms with E-state index in [1.54, 1.807) is 0 Å². The summed E-state index contributed by atoms with van der Waals surface area (Å²) in [5.74, 6) is 0. The highest BCUT2D eigenvalue weighted by molar-refractivity contribution is 6.26. The highest BCUT2D eigenvalue weighted by Gasteiger charge is 2.37. The maximum atomic E-state index is 2.47. The van der Waals surface area contributed by atoms with Gasteiger partial charge in [0.05, 0.1) is 0 Å². The molecule has 0 unspecified atom stereocenters. The Labute approximate surface area is 664 Å². The molecule has 0 atom stereocenters. The normalized spacial score (nSPS) is 13.1. The van der Waals surface area contributed by atoms with Gasteiger partial charge < -0.3 is 0 Å². The second kappa shape index (κ2) is 26.3. The van der Waals surface area contributed by atoms with Crippen molar-refractivity contribution >= 4 is 97.0 Å². The van der Waals surface area contributed by atoms with Gasteiger partial charge in [-0.3, -0.25) is 0 Å². The predicted molar refractivity (Wildman–Crippen MR) is 489 cm³/mol. The quantitative estimate of drug-likeness (QED) is 0.133. The summed E-state index contributed by atoms with van der Waals surface area (Å²) in [6, 6.07) is 150. The van der Waals surface area contributed by atoms with E-state index in [0.717, 1.165) is 0 Å². The second-order valence-corrected chi connectivity index (χ2v) is 32.5. The second-order valence-electron chi connectivity index (χ2n) is 32.5. The minimum absolute atomic E-state index is 0.0420. The molecule has 0 nitrogen and oxygen atoms in total. The first-order valence-corrected chi connectivity index (χ1v) is 40.1. The molecule has 0 N–H and O–H groups in total. The number of fused-ring (bicyclic) bond motifs is 15. The van der Waals surface area contributed by atoms with E-state index in [9.17, 15) is 0 Å². The van der Waals surface area contributed by atoms with Crippen LogP contribution in [0.3, 0.4) is 0 Å². The van der Waals surface area contributed by atoms with Crippen molar-refractivity contribution in [2.24, 2.45) is 0 Å². The molecular formula is C114H78. The van der Waals surface area contributed by atoms with E-state index in [1.165, 1.54) is 230 Å². The fourth-order valence-corrected chi connectivity index (χ4v) is 19.8. The lowest BCUT2D eigenvalue weighted by atomic mass is 9.81. The van der Waals surface area contributed by atoms with Gasteiger partial charge in [0.2, 0.25) is 0 Å². The first-order valence-electron chi connectivity index (χ1n) is 40.1. The van der Waals surface area contributed by atoms with Crippen LogP contribution in [0.2, 0.25) is 0 Å². The maximum absolute atomic E-state index is 2.47. The molecule has 23 rings (SSSR count). The molecule has 0 aliphatic heterocycles. The average Bonchev–Trinajstić information content (AvgIpc) is 1.24. The van der Waals surface area contributed by atoms with Crippen LogP contribution < -0.4 is 0 Å². The number of rotatable bonds is 8. The summed E-state index contributed by atoms with van der Waals surface area (Å²) in [6.45, 7) is 9.45. The number of benzene rings is 21. The van der Waals surface area contributed by atoms with E-state index >= 15 is 0 Å². The predicted octanol–water partition coefficient (Wildman–Crippen LogP) is 31.7. The third kappa shape index (κ3) is 10.8. The summed E-state index contributed by atoms with van der Waals surface area (Å²) in [6.07, 6.45) is 0. The third-order valence-electron chi connectivity index (χ3n) is 25.4. The smallest absolute Gasteiger partial charge is 0.0158 e. The molecule has 0 amide bonds. The van der Waals surface area contributed by atoms with Gasteiger partial charge in [-0.2, -0.15) is 0 Å². The van der Waals surface area contributed by atoms with Gasteiger partial charge in [0.15, 0.2) is 0 Å². The Morgan fingerprint density at radius 2 is 0.412 bits per heavy atom. The van der Waals surface area contributed by atoms with Crippen LogP contribution in [0.25, 0.3) is 208 Å². The fourth-order valence-electron chi connectivity index (χ4n) is 19.8. The lowest BCUT2D eigenvalue weighted by molar-refractivity contribution is 0.660. The zero-order chi connectivity index (χ0) is 75.9. The van der Waals surface area contributed by atoms with Gasteiger partial charge in [-0.15, -0.1) is 0 Å². The molecule has 0 spiro atoms. The fraction of sp³-hybridized carbons (Fsp3) is 0.0526. The van der Waals surface area contributed by atoms with Crippen molar-refractivity contribution < 1.29 is 0 Å². The van der Waals surface area contributed by atoms with E-state index in [-0.39, 0.29) is 10.8 Å². The summed E-state index contributed by atoms with van der Waals surface area (Å²) >= 11 is 0. The molecule has 534 valence electrons. The highest BCUT2D eigenvalue weighted by Crippen LogP contribution is 2.55. The summed E-state index contributed by atoms with van der Waals surface area (Å²) in [4.78, 5) is 0. The lowest BCUT2D eigenvalue weighted by Crippen LogP contribution is -2.14. The van der Waals surface area contributed by atoms with Crippen LogP contribution in [0.1, 0.15) is 49.9 Å². The minimum Gasteiger partial charge on any atom is -0.0622 e. The van der Waals surface area contributed by atoms with E-state index in [4.69, 9.17) is 0 Å². The van der Waals surface area contributed by atoms with Gasteiger partial charge >= 0.3 is 0 Å². The number of hydrogen-bond acceptors (Lipinski definition) is 0. The van der Waals surface area contributed by atoms with Gasteiger partial charge in [-0.05, 0) is 285 Å². The van der Waals surface area contributed by atoms with Gasteiger partial charge in [-0.25, -0.2) is 0 Å².